The molecule has 0 N–H and O–H groups in total. The van der Waals surface area contributed by atoms with E-state index in [0.717, 1.165) is 50.2 Å². The topological polar surface area (TPSA) is 30.2 Å². The molecule has 2 aromatic heterocycles. The number of rotatable bonds is 4. The second kappa shape index (κ2) is 11.0. The summed E-state index contributed by atoms with van der Waals surface area (Å²) < 4.78 is 2.26. The van der Waals surface area contributed by atoms with Crippen LogP contribution in [0.5, 0.6) is 0 Å². The summed E-state index contributed by atoms with van der Waals surface area (Å²) in [4.78, 5) is 10.6. The van der Waals surface area contributed by atoms with Crippen molar-refractivity contribution >= 4 is 48.7 Å². The molecule has 0 aliphatic heterocycles. The normalized spacial score (nSPS) is 11.7. The Morgan fingerprint density at radius 2 is 0.796 bits per heavy atom. The Bertz CT molecular complexity index is 2830. The SMILES string of the molecule is c1ccc(-c2nc(-c3cccc(-c4ccc5c6ccccc6c6ccccc6c5c4)c3)n3c(-c4ccccc4)c4ccccc4c3n2)cc1. The van der Waals surface area contributed by atoms with Crippen molar-refractivity contribution in [3.05, 3.63) is 176 Å². The minimum absolute atomic E-state index is 0.709. The van der Waals surface area contributed by atoms with Crippen LogP contribution in [-0.2, 0) is 0 Å². The minimum atomic E-state index is 0.709. The smallest absolute Gasteiger partial charge is 0.163 e. The van der Waals surface area contributed by atoms with E-state index in [-0.39, 0.29) is 0 Å². The fraction of sp³-hybridized carbons (Fsp3) is 0. The van der Waals surface area contributed by atoms with E-state index in [1.807, 2.05) is 18.2 Å². The van der Waals surface area contributed by atoms with E-state index in [1.165, 1.54) is 37.9 Å². The molecular formula is C46H29N3. The zero-order valence-corrected chi connectivity index (χ0v) is 26.6. The molecule has 0 fully saturated rings. The van der Waals surface area contributed by atoms with Gasteiger partial charge in [0, 0.05) is 21.9 Å². The third kappa shape index (κ3) is 4.37. The van der Waals surface area contributed by atoms with Gasteiger partial charge in [-0.05, 0) is 61.1 Å². The summed E-state index contributed by atoms with van der Waals surface area (Å²) in [6.45, 7) is 0. The molecule has 0 atom stereocenters. The Labute approximate surface area is 283 Å². The van der Waals surface area contributed by atoms with E-state index in [0.29, 0.717) is 5.82 Å². The lowest BCUT2D eigenvalue weighted by molar-refractivity contribution is 1.05. The zero-order valence-electron chi connectivity index (χ0n) is 26.6. The summed E-state index contributed by atoms with van der Waals surface area (Å²) in [7, 11) is 0. The van der Waals surface area contributed by atoms with Gasteiger partial charge < -0.3 is 0 Å². The van der Waals surface area contributed by atoms with Crippen molar-refractivity contribution in [2.45, 2.75) is 0 Å². The number of fused-ring (bicyclic) bond motifs is 9. The number of nitrogens with zero attached hydrogens (tertiary/aromatic N) is 3. The zero-order chi connectivity index (χ0) is 32.3. The largest absolute Gasteiger partial charge is 0.277 e. The summed E-state index contributed by atoms with van der Waals surface area (Å²) in [5.74, 6) is 1.57. The second-order valence-electron chi connectivity index (χ2n) is 12.6. The quantitative estimate of drug-likeness (QED) is 0.183. The van der Waals surface area contributed by atoms with Crippen molar-refractivity contribution in [2.75, 3.05) is 0 Å². The summed E-state index contributed by atoms with van der Waals surface area (Å²) in [5.41, 5.74) is 7.45. The second-order valence-corrected chi connectivity index (χ2v) is 12.6. The molecule has 0 saturated carbocycles. The lowest BCUT2D eigenvalue weighted by atomic mass is 9.92. The fourth-order valence-electron chi connectivity index (χ4n) is 7.54. The van der Waals surface area contributed by atoms with Gasteiger partial charge >= 0.3 is 0 Å². The number of hydrogen-bond donors (Lipinski definition) is 0. The summed E-state index contributed by atoms with van der Waals surface area (Å²) in [6, 6.07) is 62.6. The van der Waals surface area contributed by atoms with Gasteiger partial charge in [-0.3, -0.25) is 4.40 Å². The van der Waals surface area contributed by atoms with Crippen LogP contribution < -0.4 is 0 Å². The molecule has 0 aliphatic carbocycles. The Balaban J connectivity index is 1.24. The predicted molar refractivity (Wildman–Crippen MR) is 205 cm³/mol. The standard InChI is InChI=1S/C46H29N3/c1-3-14-30(15-4-1)43-40-24-11-12-25-41(40)46-48-44(31-16-5-2-6-17-31)47-45(49(43)46)34-19-13-18-32(28-34)33-26-27-39-37-22-8-7-20-35(37)36-21-9-10-23-38(36)42(39)29-33/h1-29H. The minimum Gasteiger partial charge on any atom is -0.277 e. The Morgan fingerprint density at radius 1 is 0.306 bits per heavy atom. The van der Waals surface area contributed by atoms with Crippen LogP contribution in [0, 0.1) is 0 Å². The highest BCUT2D eigenvalue weighted by atomic mass is 15.1. The third-order valence-corrected chi connectivity index (χ3v) is 9.77. The van der Waals surface area contributed by atoms with Crippen LogP contribution in [0.15, 0.2) is 176 Å². The molecule has 10 aromatic rings. The highest BCUT2D eigenvalue weighted by molar-refractivity contribution is 6.25. The van der Waals surface area contributed by atoms with Gasteiger partial charge in [-0.1, -0.05) is 164 Å². The maximum absolute atomic E-state index is 5.33. The molecule has 0 radical (unpaired) electrons. The van der Waals surface area contributed by atoms with Crippen molar-refractivity contribution < 1.29 is 0 Å². The van der Waals surface area contributed by atoms with Crippen LogP contribution in [0.1, 0.15) is 0 Å². The van der Waals surface area contributed by atoms with Gasteiger partial charge in [-0.2, -0.15) is 0 Å². The number of hydrogen-bond acceptors (Lipinski definition) is 2. The van der Waals surface area contributed by atoms with Crippen molar-refractivity contribution in [3.63, 3.8) is 0 Å². The van der Waals surface area contributed by atoms with Crippen LogP contribution in [0.3, 0.4) is 0 Å². The van der Waals surface area contributed by atoms with E-state index in [1.54, 1.807) is 0 Å². The first-order valence-corrected chi connectivity index (χ1v) is 16.7. The van der Waals surface area contributed by atoms with Gasteiger partial charge in [0.05, 0.1) is 5.69 Å². The molecule has 0 aliphatic rings. The van der Waals surface area contributed by atoms with E-state index < -0.39 is 0 Å². The summed E-state index contributed by atoms with van der Waals surface area (Å²) >= 11 is 0. The molecule has 2 heterocycles. The molecule has 49 heavy (non-hydrogen) atoms. The summed E-state index contributed by atoms with van der Waals surface area (Å²) in [5, 5.41) is 9.90. The molecular weight excluding hydrogens is 595 g/mol. The maximum Gasteiger partial charge on any atom is 0.163 e. The van der Waals surface area contributed by atoms with Gasteiger partial charge in [0.25, 0.3) is 0 Å². The van der Waals surface area contributed by atoms with Crippen LogP contribution >= 0.6 is 0 Å². The third-order valence-electron chi connectivity index (χ3n) is 9.77. The van der Waals surface area contributed by atoms with E-state index in [4.69, 9.17) is 9.97 Å². The number of aromatic nitrogens is 3. The molecule has 0 saturated heterocycles. The van der Waals surface area contributed by atoms with Crippen LogP contribution in [0.2, 0.25) is 0 Å². The Hall–Kier alpha value is -6.58. The average Bonchev–Trinajstić information content (AvgIpc) is 3.52. The van der Waals surface area contributed by atoms with Crippen molar-refractivity contribution in [1.29, 1.82) is 0 Å². The predicted octanol–water partition coefficient (Wildman–Crippen LogP) is 12.0. The highest BCUT2D eigenvalue weighted by Gasteiger charge is 2.21. The molecule has 10 rings (SSSR count). The van der Waals surface area contributed by atoms with Gasteiger partial charge in [0.15, 0.2) is 5.82 Å². The summed E-state index contributed by atoms with van der Waals surface area (Å²) in [6.07, 6.45) is 0. The Morgan fingerprint density at radius 3 is 1.47 bits per heavy atom. The maximum atomic E-state index is 5.33. The fourth-order valence-corrected chi connectivity index (χ4v) is 7.54. The van der Waals surface area contributed by atoms with Gasteiger partial charge in [0.1, 0.15) is 11.5 Å². The van der Waals surface area contributed by atoms with E-state index >= 15 is 0 Å². The molecule has 0 unspecified atom stereocenters. The van der Waals surface area contributed by atoms with Crippen molar-refractivity contribution in [2.24, 2.45) is 0 Å². The van der Waals surface area contributed by atoms with Crippen LogP contribution in [0.25, 0.3) is 93.9 Å². The molecule has 8 aromatic carbocycles. The number of benzene rings is 8. The van der Waals surface area contributed by atoms with Gasteiger partial charge in [-0.15, -0.1) is 0 Å². The average molecular weight is 624 g/mol. The van der Waals surface area contributed by atoms with Gasteiger partial charge in [0.2, 0.25) is 0 Å². The molecule has 0 bridgehead atoms. The lowest BCUT2D eigenvalue weighted by Gasteiger charge is -2.14. The monoisotopic (exact) mass is 623 g/mol. The van der Waals surface area contributed by atoms with E-state index in [2.05, 4.69) is 162 Å². The molecule has 0 spiro atoms. The van der Waals surface area contributed by atoms with Crippen LogP contribution in [0.4, 0.5) is 0 Å². The first-order chi connectivity index (χ1) is 24.3. The molecule has 3 heteroatoms. The lowest BCUT2D eigenvalue weighted by Crippen LogP contribution is -2.03. The first kappa shape index (κ1) is 27.5. The first-order valence-electron chi connectivity index (χ1n) is 16.7. The Kier molecular flexibility index (Phi) is 6.18. The van der Waals surface area contributed by atoms with Crippen LogP contribution in [-0.4, -0.2) is 14.4 Å². The molecule has 0 amide bonds. The molecule has 3 nitrogen and oxygen atoms in total. The molecule has 228 valence electrons. The van der Waals surface area contributed by atoms with Crippen molar-refractivity contribution in [1.82, 2.24) is 14.4 Å². The van der Waals surface area contributed by atoms with Crippen molar-refractivity contribution in [3.8, 4) is 45.2 Å². The van der Waals surface area contributed by atoms with E-state index in [9.17, 15) is 0 Å². The highest BCUT2D eigenvalue weighted by Crippen LogP contribution is 2.40. The van der Waals surface area contributed by atoms with Gasteiger partial charge in [-0.25, -0.2) is 9.97 Å².